The summed E-state index contributed by atoms with van der Waals surface area (Å²) in [5, 5.41) is 7.41. The van der Waals surface area contributed by atoms with Crippen LogP contribution in [-0.4, -0.2) is 24.3 Å². The maximum atomic E-state index is 7.41. The fourth-order valence-corrected chi connectivity index (χ4v) is 1.24. The molecule has 1 rings (SSSR count). The predicted octanol–water partition coefficient (Wildman–Crippen LogP) is 1.75. The Balaban J connectivity index is 0.000000810. The number of amidine groups is 1. The second-order valence-electron chi connectivity index (χ2n) is 2.97. The van der Waals surface area contributed by atoms with Crippen molar-refractivity contribution in [3.05, 3.63) is 0 Å². The number of piperidine rings is 1. The number of hydrogen-bond acceptors (Lipinski definition) is 1. The number of halogens is 1. The Kier molecular flexibility index (Phi) is 3.72. The molecule has 0 bridgehead atoms. The van der Waals surface area contributed by atoms with Crippen LogP contribution in [0, 0.1) is 11.3 Å². The summed E-state index contributed by atoms with van der Waals surface area (Å²) in [5.41, 5.74) is 0. The van der Waals surface area contributed by atoms with Gasteiger partial charge >= 0.3 is 0 Å². The second kappa shape index (κ2) is 3.81. The molecule has 0 unspecified atom stereocenters. The third kappa shape index (κ3) is 2.18. The minimum atomic E-state index is 0. The van der Waals surface area contributed by atoms with Crippen LogP contribution in [0.2, 0.25) is 0 Å². The van der Waals surface area contributed by atoms with E-state index < -0.39 is 0 Å². The largest absolute Gasteiger partial charge is 0.363 e. The number of likely N-dealkylation sites (tertiary alicyclic amines) is 1. The molecule has 0 aromatic rings. The molecule has 1 heterocycles. The van der Waals surface area contributed by atoms with Gasteiger partial charge in [-0.15, -0.1) is 12.4 Å². The van der Waals surface area contributed by atoms with Gasteiger partial charge in [0.2, 0.25) is 0 Å². The van der Waals surface area contributed by atoms with Crippen molar-refractivity contribution < 1.29 is 0 Å². The van der Waals surface area contributed by atoms with Crippen molar-refractivity contribution in [3.63, 3.8) is 0 Å². The third-order valence-corrected chi connectivity index (χ3v) is 1.92. The molecule has 10 heavy (non-hydrogen) atoms. The molecular weight excluding hydrogens is 148 g/mol. The third-order valence-electron chi connectivity index (χ3n) is 1.92. The van der Waals surface area contributed by atoms with E-state index >= 15 is 0 Å². The molecular formula is C7H15ClN2. The first-order valence-electron chi connectivity index (χ1n) is 3.48. The van der Waals surface area contributed by atoms with Crippen LogP contribution in [0.5, 0.6) is 0 Å². The summed E-state index contributed by atoms with van der Waals surface area (Å²) in [6.07, 6.45) is 2.17. The van der Waals surface area contributed by atoms with E-state index in [1.807, 2.05) is 11.9 Å². The van der Waals surface area contributed by atoms with E-state index in [1.165, 1.54) is 6.42 Å². The van der Waals surface area contributed by atoms with Gasteiger partial charge < -0.3 is 4.90 Å². The molecule has 0 amide bonds. The Morgan fingerprint density at radius 2 is 2.20 bits per heavy atom. The Morgan fingerprint density at radius 3 is 2.60 bits per heavy atom. The first-order chi connectivity index (χ1) is 4.20. The van der Waals surface area contributed by atoms with Crippen molar-refractivity contribution in [2.75, 3.05) is 13.6 Å². The molecule has 2 nitrogen and oxygen atoms in total. The highest BCUT2D eigenvalue weighted by atomic mass is 35.5. The van der Waals surface area contributed by atoms with Crippen molar-refractivity contribution in [1.29, 1.82) is 5.41 Å². The van der Waals surface area contributed by atoms with Crippen LogP contribution in [0.25, 0.3) is 0 Å². The average molecular weight is 163 g/mol. The molecule has 0 saturated carbocycles. The maximum absolute atomic E-state index is 7.41. The van der Waals surface area contributed by atoms with Crippen LogP contribution in [0.3, 0.4) is 0 Å². The zero-order valence-corrected chi connectivity index (χ0v) is 7.37. The van der Waals surface area contributed by atoms with Gasteiger partial charge in [-0.3, -0.25) is 5.41 Å². The van der Waals surface area contributed by atoms with Crippen LogP contribution in [0.15, 0.2) is 0 Å². The summed E-state index contributed by atoms with van der Waals surface area (Å²) in [6, 6.07) is 0. The molecule has 0 aromatic carbocycles. The minimum Gasteiger partial charge on any atom is -0.363 e. The lowest BCUT2D eigenvalue weighted by Crippen LogP contribution is -2.35. The van der Waals surface area contributed by atoms with Gasteiger partial charge in [0.05, 0.1) is 5.84 Å². The van der Waals surface area contributed by atoms with Gasteiger partial charge in [0.1, 0.15) is 0 Å². The molecule has 1 fully saturated rings. The van der Waals surface area contributed by atoms with Crippen molar-refractivity contribution in [2.24, 2.45) is 5.92 Å². The van der Waals surface area contributed by atoms with Crippen molar-refractivity contribution in [3.8, 4) is 0 Å². The molecule has 1 aliphatic heterocycles. The molecule has 0 spiro atoms. The van der Waals surface area contributed by atoms with Gasteiger partial charge in [-0.1, -0.05) is 6.92 Å². The topological polar surface area (TPSA) is 27.1 Å². The van der Waals surface area contributed by atoms with Gasteiger partial charge in [0.25, 0.3) is 0 Å². The van der Waals surface area contributed by atoms with Gasteiger partial charge in [-0.05, 0) is 12.3 Å². The lowest BCUT2D eigenvalue weighted by Gasteiger charge is -2.29. The lowest BCUT2D eigenvalue weighted by atomic mass is 10.0. The normalized spacial score (nSPS) is 26.0. The van der Waals surface area contributed by atoms with E-state index in [4.69, 9.17) is 5.41 Å². The maximum Gasteiger partial charge on any atom is 0.0955 e. The second-order valence-corrected chi connectivity index (χ2v) is 2.97. The van der Waals surface area contributed by atoms with E-state index in [9.17, 15) is 0 Å². The van der Waals surface area contributed by atoms with Gasteiger partial charge in [0.15, 0.2) is 0 Å². The van der Waals surface area contributed by atoms with E-state index in [0.717, 1.165) is 24.7 Å². The standard InChI is InChI=1S/C7H14N2.ClH/c1-6-3-4-7(8)9(2)5-6;/h6,8H,3-5H2,1-2H3;1H/t6-;/m0./s1. The van der Waals surface area contributed by atoms with Crippen LogP contribution in [-0.2, 0) is 0 Å². The summed E-state index contributed by atoms with van der Waals surface area (Å²) in [6.45, 7) is 3.31. The molecule has 0 radical (unpaired) electrons. The smallest absolute Gasteiger partial charge is 0.0955 e. The fraction of sp³-hybridized carbons (Fsp3) is 0.857. The zero-order valence-electron chi connectivity index (χ0n) is 6.55. The Hall–Kier alpha value is -0.240. The monoisotopic (exact) mass is 162 g/mol. The Morgan fingerprint density at radius 1 is 1.60 bits per heavy atom. The Labute approximate surface area is 68.5 Å². The summed E-state index contributed by atoms with van der Waals surface area (Å²) >= 11 is 0. The number of nitrogens with one attached hydrogen (secondary N) is 1. The average Bonchev–Trinajstić information content (AvgIpc) is 1.80. The van der Waals surface area contributed by atoms with Crippen molar-refractivity contribution in [2.45, 2.75) is 19.8 Å². The molecule has 1 N–H and O–H groups in total. The summed E-state index contributed by atoms with van der Waals surface area (Å²) in [5.74, 6) is 1.58. The number of nitrogens with zero attached hydrogens (tertiary/aromatic N) is 1. The molecule has 1 atom stereocenters. The fourth-order valence-electron chi connectivity index (χ4n) is 1.24. The van der Waals surface area contributed by atoms with Crippen LogP contribution in [0.4, 0.5) is 0 Å². The van der Waals surface area contributed by atoms with E-state index in [0.29, 0.717) is 0 Å². The molecule has 1 aliphatic rings. The quantitative estimate of drug-likeness (QED) is 0.578. The van der Waals surface area contributed by atoms with E-state index in [1.54, 1.807) is 0 Å². The first-order valence-corrected chi connectivity index (χ1v) is 3.48. The SMILES string of the molecule is C[C@H]1CCC(=N)N(C)C1.Cl. The Bertz CT molecular complexity index is 125. The predicted molar refractivity (Wildman–Crippen MR) is 46.0 cm³/mol. The number of hydrogen-bond donors (Lipinski definition) is 1. The number of rotatable bonds is 0. The van der Waals surface area contributed by atoms with E-state index in [-0.39, 0.29) is 12.4 Å². The molecule has 0 aromatic heterocycles. The van der Waals surface area contributed by atoms with Gasteiger partial charge in [-0.25, -0.2) is 0 Å². The van der Waals surface area contributed by atoms with Crippen LogP contribution >= 0.6 is 12.4 Å². The summed E-state index contributed by atoms with van der Waals surface area (Å²) in [4.78, 5) is 2.04. The lowest BCUT2D eigenvalue weighted by molar-refractivity contribution is 0.345. The summed E-state index contributed by atoms with van der Waals surface area (Å²) < 4.78 is 0. The summed E-state index contributed by atoms with van der Waals surface area (Å²) in [7, 11) is 2.00. The van der Waals surface area contributed by atoms with Crippen LogP contribution < -0.4 is 0 Å². The minimum absolute atomic E-state index is 0. The highest BCUT2D eigenvalue weighted by Crippen LogP contribution is 2.14. The zero-order chi connectivity index (χ0) is 6.85. The first kappa shape index (κ1) is 9.76. The highest BCUT2D eigenvalue weighted by molar-refractivity contribution is 5.85. The van der Waals surface area contributed by atoms with Crippen molar-refractivity contribution in [1.82, 2.24) is 4.90 Å². The van der Waals surface area contributed by atoms with Crippen LogP contribution in [0.1, 0.15) is 19.8 Å². The molecule has 3 heteroatoms. The highest BCUT2D eigenvalue weighted by Gasteiger charge is 2.15. The van der Waals surface area contributed by atoms with Crippen molar-refractivity contribution >= 4 is 18.2 Å². The molecule has 0 aliphatic carbocycles. The van der Waals surface area contributed by atoms with E-state index in [2.05, 4.69) is 6.92 Å². The van der Waals surface area contributed by atoms with Gasteiger partial charge in [-0.2, -0.15) is 0 Å². The van der Waals surface area contributed by atoms with Gasteiger partial charge in [0, 0.05) is 20.0 Å². The molecule has 60 valence electrons. The molecule has 1 saturated heterocycles.